The van der Waals surface area contributed by atoms with Crippen LogP contribution in [-0.2, 0) is 6.54 Å². The Hall–Kier alpha value is -0.860. The molecular formula is C11H13ClFN. The second kappa shape index (κ2) is 5.78. The topological polar surface area (TPSA) is 12.0 Å². The number of rotatable bonds is 4. The fraction of sp³-hybridized carbons (Fsp3) is 0.273. The summed E-state index contributed by atoms with van der Waals surface area (Å²) in [5, 5.41) is 3.36. The first-order chi connectivity index (χ1) is 6.74. The predicted molar refractivity (Wildman–Crippen MR) is 57.9 cm³/mol. The van der Waals surface area contributed by atoms with Crippen molar-refractivity contribution < 1.29 is 4.39 Å². The van der Waals surface area contributed by atoms with Gasteiger partial charge in [0.15, 0.2) is 0 Å². The van der Waals surface area contributed by atoms with Crippen molar-refractivity contribution in [3.05, 3.63) is 46.8 Å². The number of allylic oxidation sites excluding steroid dienone is 1. The van der Waals surface area contributed by atoms with Crippen molar-refractivity contribution in [2.75, 3.05) is 6.54 Å². The van der Waals surface area contributed by atoms with E-state index in [2.05, 4.69) is 5.32 Å². The SMILES string of the molecule is C/C=C/CNCc1ccc(F)c(Cl)c1. The molecule has 0 aliphatic heterocycles. The Balaban J connectivity index is 2.47. The third kappa shape index (κ3) is 3.48. The molecule has 14 heavy (non-hydrogen) atoms. The zero-order valence-corrected chi connectivity index (χ0v) is 8.81. The molecule has 0 fully saturated rings. The highest BCUT2D eigenvalue weighted by Crippen LogP contribution is 2.15. The number of halogens is 2. The van der Waals surface area contributed by atoms with Crippen LogP contribution in [0.15, 0.2) is 30.4 Å². The number of benzene rings is 1. The van der Waals surface area contributed by atoms with Crippen molar-refractivity contribution in [2.45, 2.75) is 13.5 Å². The van der Waals surface area contributed by atoms with E-state index < -0.39 is 0 Å². The zero-order chi connectivity index (χ0) is 10.4. The van der Waals surface area contributed by atoms with Crippen LogP contribution in [-0.4, -0.2) is 6.54 Å². The average Bonchev–Trinajstić information content (AvgIpc) is 2.18. The Kier molecular flexibility index (Phi) is 4.63. The van der Waals surface area contributed by atoms with Gasteiger partial charge >= 0.3 is 0 Å². The molecule has 1 rings (SSSR count). The van der Waals surface area contributed by atoms with Crippen LogP contribution >= 0.6 is 11.6 Å². The maximum Gasteiger partial charge on any atom is 0.141 e. The summed E-state index contributed by atoms with van der Waals surface area (Å²) in [5.41, 5.74) is 0.987. The predicted octanol–water partition coefficient (Wildman–Crippen LogP) is 3.14. The minimum Gasteiger partial charge on any atom is -0.309 e. The van der Waals surface area contributed by atoms with Crippen LogP contribution in [0.25, 0.3) is 0 Å². The fourth-order valence-corrected chi connectivity index (χ4v) is 1.27. The van der Waals surface area contributed by atoms with Gasteiger partial charge in [-0.3, -0.25) is 0 Å². The standard InChI is InChI=1S/C11H13ClFN/c1-2-3-6-14-8-9-4-5-11(13)10(12)7-9/h2-5,7,14H,6,8H2,1H3/b3-2+. The summed E-state index contributed by atoms with van der Waals surface area (Å²) < 4.78 is 12.8. The van der Waals surface area contributed by atoms with Gasteiger partial charge in [-0.2, -0.15) is 0 Å². The van der Waals surface area contributed by atoms with E-state index in [0.29, 0.717) is 6.54 Å². The summed E-state index contributed by atoms with van der Waals surface area (Å²) in [4.78, 5) is 0. The minimum absolute atomic E-state index is 0.176. The van der Waals surface area contributed by atoms with E-state index in [0.717, 1.165) is 12.1 Å². The van der Waals surface area contributed by atoms with Crippen LogP contribution in [0.5, 0.6) is 0 Å². The van der Waals surface area contributed by atoms with E-state index >= 15 is 0 Å². The first-order valence-corrected chi connectivity index (χ1v) is 4.87. The molecule has 1 aromatic carbocycles. The Morgan fingerprint density at radius 2 is 2.29 bits per heavy atom. The Morgan fingerprint density at radius 1 is 1.50 bits per heavy atom. The summed E-state index contributed by atoms with van der Waals surface area (Å²) in [6.45, 7) is 3.48. The largest absolute Gasteiger partial charge is 0.309 e. The highest BCUT2D eigenvalue weighted by molar-refractivity contribution is 6.30. The molecule has 0 atom stereocenters. The van der Waals surface area contributed by atoms with E-state index in [1.54, 1.807) is 12.1 Å². The van der Waals surface area contributed by atoms with Crippen molar-refractivity contribution in [1.29, 1.82) is 0 Å². The highest BCUT2D eigenvalue weighted by atomic mass is 35.5. The van der Waals surface area contributed by atoms with Gasteiger partial charge in [-0.25, -0.2) is 4.39 Å². The fourth-order valence-electron chi connectivity index (χ4n) is 1.07. The molecule has 0 saturated carbocycles. The van der Waals surface area contributed by atoms with E-state index in [4.69, 9.17) is 11.6 Å². The lowest BCUT2D eigenvalue weighted by Crippen LogP contribution is -2.12. The quantitative estimate of drug-likeness (QED) is 0.599. The molecule has 0 aliphatic carbocycles. The van der Waals surface area contributed by atoms with Crippen molar-refractivity contribution in [3.63, 3.8) is 0 Å². The lowest BCUT2D eigenvalue weighted by atomic mass is 10.2. The molecule has 0 aliphatic rings. The van der Waals surface area contributed by atoms with Crippen LogP contribution < -0.4 is 5.32 Å². The maximum atomic E-state index is 12.8. The molecule has 0 amide bonds. The van der Waals surface area contributed by atoms with Crippen LogP contribution in [0.4, 0.5) is 4.39 Å². The highest BCUT2D eigenvalue weighted by Gasteiger charge is 1.99. The number of hydrogen-bond donors (Lipinski definition) is 1. The van der Waals surface area contributed by atoms with Crippen molar-refractivity contribution in [1.82, 2.24) is 5.32 Å². The van der Waals surface area contributed by atoms with Crippen LogP contribution in [0, 0.1) is 5.82 Å². The van der Waals surface area contributed by atoms with E-state index in [1.807, 2.05) is 19.1 Å². The molecule has 0 heterocycles. The van der Waals surface area contributed by atoms with Crippen molar-refractivity contribution >= 4 is 11.6 Å². The van der Waals surface area contributed by atoms with Crippen molar-refractivity contribution in [2.24, 2.45) is 0 Å². The third-order valence-electron chi connectivity index (χ3n) is 1.81. The molecule has 0 unspecified atom stereocenters. The molecule has 0 saturated heterocycles. The van der Waals surface area contributed by atoms with Crippen LogP contribution in [0.2, 0.25) is 5.02 Å². The van der Waals surface area contributed by atoms with E-state index in [-0.39, 0.29) is 10.8 Å². The number of hydrogen-bond acceptors (Lipinski definition) is 1. The summed E-state index contributed by atoms with van der Waals surface area (Å²) >= 11 is 5.64. The molecule has 1 aromatic rings. The Morgan fingerprint density at radius 3 is 2.93 bits per heavy atom. The van der Waals surface area contributed by atoms with Gasteiger partial charge in [-0.15, -0.1) is 0 Å². The lowest BCUT2D eigenvalue weighted by molar-refractivity contribution is 0.626. The summed E-state index contributed by atoms with van der Waals surface area (Å²) in [6, 6.07) is 4.75. The van der Waals surface area contributed by atoms with Gasteiger partial charge in [-0.1, -0.05) is 29.8 Å². The van der Waals surface area contributed by atoms with Gasteiger partial charge < -0.3 is 5.32 Å². The van der Waals surface area contributed by atoms with Gasteiger partial charge in [0.1, 0.15) is 5.82 Å². The molecule has 0 radical (unpaired) electrons. The summed E-state index contributed by atoms with van der Waals surface area (Å²) in [7, 11) is 0. The van der Waals surface area contributed by atoms with Crippen LogP contribution in [0.1, 0.15) is 12.5 Å². The third-order valence-corrected chi connectivity index (χ3v) is 2.10. The first-order valence-electron chi connectivity index (χ1n) is 4.50. The smallest absolute Gasteiger partial charge is 0.141 e. The lowest BCUT2D eigenvalue weighted by Gasteiger charge is -2.02. The Labute approximate surface area is 88.6 Å². The summed E-state index contributed by atoms with van der Waals surface area (Å²) in [5.74, 6) is -0.371. The first kappa shape index (κ1) is 11.2. The second-order valence-corrected chi connectivity index (χ2v) is 3.36. The molecule has 76 valence electrons. The van der Waals surface area contributed by atoms with Crippen molar-refractivity contribution in [3.8, 4) is 0 Å². The molecule has 3 heteroatoms. The molecule has 1 N–H and O–H groups in total. The van der Waals surface area contributed by atoms with Gasteiger partial charge in [-0.05, 0) is 24.6 Å². The molecular weight excluding hydrogens is 201 g/mol. The maximum absolute atomic E-state index is 12.8. The zero-order valence-electron chi connectivity index (χ0n) is 8.06. The monoisotopic (exact) mass is 213 g/mol. The van der Waals surface area contributed by atoms with Gasteiger partial charge in [0.25, 0.3) is 0 Å². The van der Waals surface area contributed by atoms with Crippen LogP contribution in [0.3, 0.4) is 0 Å². The van der Waals surface area contributed by atoms with E-state index in [1.165, 1.54) is 6.07 Å². The molecule has 0 spiro atoms. The Bertz CT molecular complexity index is 323. The average molecular weight is 214 g/mol. The van der Waals surface area contributed by atoms with E-state index in [9.17, 15) is 4.39 Å². The number of nitrogens with one attached hydrogen (secondary N) is 1. The normalized spacial score (nSPS) is 11.1. The van der Waals surface area contributed by atoms with Gasteiger partial charge in [0.2, 0.25) is 0 Å². The molecule has 0 aromatic heterocycles. The summed E-state index contributed by atoms with van der Waals surface area (Å²) in [6.07, 6.45) is 4.00. The molecule has 1 nitrogen and oxygen atoms in total. The van der Waals surface area contributed by atoms with Gasteiger partial charge in [0, 0.05) is 13.1 Å². The minimum atomic E-state index is -0.371. The van der Waals surface area contributed by atoms with Gasteiger partial charge in [0.05, 0.1) is 5.02 Å². The second-order valence-electron chi connectivity index (χ2n) is 2.95. The molecule has 0 bridgehead atoms.